The van der Waals surface area contributed by atoms with Crippen LogP contribution in [-0.2, 0) is 4.79 Å². The predicted octanol–water partition coefficient (Wildman–Crippen LogP) is 2.49. The highest BCUT2D eigenvalue weighted by atomic mass is 19.4. The Hall–Kier alpha value is -2.29. The van der Waals surface area contributed by atoms with Crippen LogP contribution in [0.25, 0.3) is 0 Å². The molecule has 0 fully saturated rings. The lowest BCUT2D eigenvalue weighted by atomic mass is 9.83. The van der Waals surface area contributed by atoms with Crippen LogP contribution < -0.4 is 5.32 Å². The number of carbonyl (C=O) groups is 1. The molecule has 0 saturated carbocycles. The van der Waals surface area contributed by atoms with E-state index in [1.807, 2.05) is 0 Å². The number of nitrogens with one attached hydrogen (secondary N) is 1. The monoisotopic (exact) mass is 266 g/mol. The van der Waals surface area contributed by atoms with Crippen LogP contribution in [0.15, 0.2) is 42.1 Å². The molecule has 1 aliphatic rings. The van der Waals surface area contributed by atoms with Crippen LogP contribution in [0.2, 0.25) is 0 Å². The summed E-state index contributed by atoms with van der Waals surface area (Å²) in [5.74, 6) is -2.98. The third kappa shape index (κ3) is 2.60. The van der Waals surface area contributed by atoms with Crippen molar-refractivity contribution in [1.29, 1.82) is 5.26 Å². The Labute approximate surface area is 107 Å². The van der Waals surface area contributed by atoms with Gasteiger partial charge in [0.05, 0.1) is 6.07 Å². The standard InChI is InChI=1S/C13H9F3N2O/c14-13(15,16)11-6-9(8-4-2-1-3-5-8)10(7-17)12(19)18-11/h1-6,9-10H,(H,18,19)/t9-,10-/m1/s1. The van der Waals surface area contributed by atoms with E-state index in [9.17, 15) is 18.0 Å². The van der Waals surface area contributed by atoms with Gasteiger partial charge in [-0.05, 0) is 11.6 Å². The molecule has 19 heavy (non-hydrogen) atoms. The Balaban J connectivity index is 2.48. The summed E-state index contributed by atoms with van der Waals surface area (Å²) in [5.41, 5.74) is -0.608. The zero-order chi connectivity index (χ0) is 14.0. The predicted molar refractivity (Wildman–Crippen MR) is 60.6 cm³/mol. The van der Waals surface area contributed by atoms with Crippen molar-refractivity contribution < 1.29 is 18.0 Å². The molecule has 0 bridgehead atoms. The highest BCUT2D eigenvalue weighted by molar-refractivity contribution is 5.85. The molecule has 98 valence electrons. The number of benzene rings is 1. The van der Waals surface area contributed by atoms with Gasteiger partial charge >= 0.3 is 6.18 Å². The number of hydrogen-bond acceptors (Lipinski definition) is 2. The molecule has 1 aromatic carbocycles. The van der Waals surface area contributed by atoms with E-state index in [2.05, 4.69) is 0 Å². The van der Waals surface area contributed by atoms with Crippen molar-refractivity contribution in [3.8, 4) is 6.07 Å². The van der Waals surface area contributed by atoms with E-state index in [4.69, 9.17) is 5.26 Å². The van der Waals surface area contributed by atoms with Crippen molar-refractivity contribution in [3.63, 3.8) is 0 Å². The van der Waals surface area contributed by atoms with E-state index in [1.165, 1.54) is 0 Å². The number of allylic oxidation sites excluding steroid dienone is 2. The quantitative estimate of drug-likeness (QED) is 0.849. The van der Waals surface area contributed by atoms with Crippen molar-refractivity contribution in [2.45, 2.75) is 12.1 Å². The number of rotatable bonds is 1. The molecule has 0 spiro atoms. The zero-order valence-electron chi connectivity index (χ0n) is 9.61. The number of carbonyl (C=O) groups excluding carboxylic acids is 1. The molecule has 1 aromatic rings. The molecule has 2 atom stereocenters. The summed E-state index contributed by atoms with van der Waals surface area (Å²) >= 11 is 0. The topological polar surface area (TPSA) is 52.9 Å². The summed E-state index contributed by atoms with van der Waals surface area (Å²) in [6.07, 6.45) is -3.74. The lowest BCUT2D eigenvalue weighted by Crippen LogP contribution is -2.41. The largest absolute Gasteiger partial charge is 0.431 e. The van der Waals surface area contributed by atoms with Gasteiger partial charge in [0, 0.05) is 5.92 Å². The molecular weight excluding hydrogens is 257 g/mol. The van der Waals surface area contributed by atoms with Gasteiger partial charge in [-0.3, -0.25) is 4.79 Å². The number of nitriles is 1. The lowest BCUT2D eigenvalue weighted by Gasteiger charge is -2.27. The zero-order valence-corrected chi connectivity index (χ0v) is 9.61. The third-order valence-electron chi connectivity index (χ3n) is 2.87. The number of halogens is 3. The van der Waals surface area contributed by atoms with Crippen LogP contribution in [0.5, 0.6) is 0 Å². The maximum Gasteiger partial charge on any atom is 0.431 e. The van der Waals surface area contributed by atoms with Crippen molar-refractivity contribution in [3.05, 3.63) is 47.7 Å². The molecule has 2 rings (SSSR count). The van der Waals surface area contributed by atoms with Gasteiger partial charge in [0.1, 0.15) is 11.6 Å². The summed E-state index contributed by atoms with van der Waals surface area (Å²) in [6.45, 7) is 0. The molecule has 1 heterocycles. The second-order valence-corrected chi connectivity index (χ2v) is 4.11. The molecule has 1 aliphatic heterocycles. The van der Waals surface area contributed by atoms with E-state index in [-0.39, 0.29) is 0 Å². The van der Waals surface area contributed by atoms with Gasteiger partial charge in [-0.1, -0.05) is 30.3 Å². The highest BCUT2D eigenvalue weighted by Crippen LogP contribution is 2.35. The summed E-state index contributed by atoms with van der Waals surface area (Å²) in [7, 11) is 0. The Kier molecular flexibility index (Phi) is 3.30. The Morgan fingerprint density at radius 1 is 1.21 bits per heavy atom. The first-order chi connectivity index (χ1) is 8.93. The SMILES string of the molecule is N#C[C@H]1C(=O)NC(C(F)(F)F)=C[C@@H]1c1ccccc1. The normalized spacial score (nSPS) is 23.3. The number of hydrogen-bond donors (Lipinski definition) is 1. The first-order valence-electron chi connectivity index (χ1n) is 5.48. The van der Waals surface area contributed by atoms with Crippen LogP contribution >= 0.6 is 0 Å². The third-order valence-corrected chi connectivity index (χ3v) is 2.87. The molecule has 0 aliphatic carbocycles. The molecular formula is C13H9F3N2O. The minimum absolute atomic E-state index is 0.505. The van der Waals surface area contributed by atoms with Gasteiger partial charge in [-0.25, -0.2) is 0 Å². The molecule has 0 unspecified atom stereocenters. The fourth-order valence-electron chi connectivity index (χ4n) is 1.96. The van der Waals surface area contributed by atoms with Gasteiger partial charge in [-0.2, -0.15) is 18.4 Å². The highest BCUT2D eigenvalue weighted by Gasteiger charge is 2.42. The second kappa shape index (κ2) is 4.76. The van der Waals surface area contributed by atoms with Gasteiger partial charge in [0.15, 0.2) is 0 Å². The maximum absolute atomic E-state index is 12.7. The molecule has 1 amide bonds. The fraction of sp³-hybridized carbons (Fsp3) is 0.231. The molecule has 0 aromatic heterocycles. The van der Waals surface area contributed by atoms with Gasteiger partial charge in [0.2, 0.25) is 5.91 Å². The van der Waals surface area contributed by atoms with Crippen molar-refractivity contribution in [2.75, 3.05) is 0 Å². The van der Waals surface area contributed by atoms with Crippen molar-refractivity contribution >= 4 is 5.91 Å². The average Bonchev–Trinajstić information content (AvgIpc) is 2.37. The van der Waals surface area contributed by atoms with E-state index in [0.29, 0.717) is 5.56 Å². The summed E-state index contributed by atoms with van der Waals surface area (Å²) < 4.78 is 38.0. The van der Waals surface area contributed by atoms with Crippen LogP contribution in [0.3, 0.4) is 0 Å². The van der Waals surface area contributed by atoms with Crippen LogP contribution in [0.1, 0.15) is 11.5 Å². The maximum atomic E-state index is 12.7. The molecule has 1 N–H and O–H groups in total. The van der Waals surface area contributed by atoms with Crippen LogP contribution in [0.4, 0.5) is 13.2 Å². The van der Waals surface area contributed by atoms with Crippen LogP contribution in [0, 0.1) is 17.2 Å². The Morgan fingerprint density at radius 2 is 1.84 bits per heavy atom. The summed E-state index contributed by atoms with van der Waals surface area (Å²) in [4.78, 5) is 11.6. The van der Waals surface area contributed by atoms with Gasteiger partial charge in [-0.15, -0.1) is 0 Å². The van der Waals surface area contributed by atoms with E-state index < -0.39 is 29.6 Å². The van der Waals surface area contributed by atoms with E-state index in [1.54, 1.807) is 41.7 Å². The Bertz CT molecular complexity index is 557. The summed E-state index contributed by atoms with van der Waals surface area (Å²) in [6, 6.07) is 9.95. The van der Waals surface area contributed by atoms with E-state index in [0.717, 1.165) is 6.08 Å². The molecule has 3 nitrogen and oxygen atoms in total. The summed E-state index contributed by atoms with van der Waals surface area (Å²) in [5, 5.41) is 10.7. The molecule has 0 saturated heterocycles. The first-order valence-corrected chi connectivity index (χ1v) is 5.48. The average molecular weight is 266 g/mol. The molecule has 6 heteroatoms. The van der Waals surface area contributed by atoms with Crippen LogP contribution in [-0.4, -0.2) is 12.1 Å². The minimum atomic E-state index is -4.64. The fourth-order valence-corrected chi connectivity index (χ4v) is 1.96. The lowest BCUT2D eigenvalue weighted by molar-refractivity contribution is -0.130. The number of nitrogens with zero attached hydrogens (tertiary/aromatic N) is 1. The first kappa shape index (κ1) is 13.1. The number of amides is 1. The minimum Gasteiger partial charge on any atom is -0.321 e. The van der Waals surface area contributed by atoms with Gasteiger partial charge in [0.25, 0.3) is 0 Å². The number of alkyl halides is 3. The molecule has 0 radical (unpaired) electrons. The Morgan fingerprint density at radius 3 is 2.37 bits per heavy atom. The van der Waals surface area contributed by atoms with Crippen molar-refractivity contribution in [2.24, 2.45) is 5.92 Å². The van der Waals surface area contributed by atoms with Gasteiger partial charge < -0.3 is 5.32 Å². The smallest absolute Gasteiger partial charge is 0.321 e. The second-order valence-electron chi connectivity index (χ2n) is 4.11. The van der Waals surface area contributed by atoms with E-state index >= 15 is 0 Å². The van der Waals surface area contributed by atoms with Crippen molar-refractivity contribution in [1.82, 2.24) is 5.32 Å².